The van der Waals surface area contributed by atoms with Crippen LogP contribution in [0.1, 0.15) is 11.1 Å². The van der Waals surface area contributed by atoms with Gasteiger partial charge in [-0.05, 0) is 0 Å². The molecule has 0 fully saturated rings. The minimum atomic E-state index is -1.07. The van der Waals surface area contributed by atoms with E-state index in [1.165, 1.54) is 43.6 Å². The van der Waals surface area contributed by atoms with Gasteiger partial charge in [0, 0.05) is 0 Å². The van der Waals surface area contributed by atoms with E-state index in [1.54, 1.807) is 9.85 Å². The Balaban J connectivity index is 1.72. The zero-order valence-electron chi connectivity index (χ0n) is 15.3. The number of aryl methyl sites for hydroxylation is 2. The fourth-order valence-electron chi connectivity index (χ4n) is 3.97. The van der Waals surface area contributed by atoms with Gasteiger partial charge in [-0.2, -0.15) is 0 Å². The van der Waals surface area contributed by atoms with Crippen molar-refractivity contribution < 1.29 is 0 Å². The molecule has 0 saturated carbocycles. The van der Waals surface area contributed by atoms with Crippen LogP contribution in [0.2, 0.25) is 5.82 Å². The van der Waals surface area contributed by atoms with Gasteiger partial charge in [0.25, 0.3) is 0 Å². The van der Waals surface area contributed by atoms with Crippen molar-refractivity contribution in [2.75, 3.05) is 0 Å². The van der Waals surface area contributed by atoms with Crippen molar-refractivity contribution in [2.45, 2.75) is 28.5 Å². The topological polar surface area (TPSA) is 0 Å². The predicted octanol–water partition coefficient (Wildman–Crippen LogP) is 5.33. The maximum absolute atomic E-state index is 2.46. The molecule has 0 amide bonds. The van der Waals surface area contributed by atoms with Crippen molar-refractivity contribution >= 4 is 45.4 Å². The Morgan fingerprint density at radius 2 is 1.30 bits per heavy atom. The number of benzene rings is 4. The average molecular weight is 432 g/mol. The molecule has 0 spiro atoms. The third-order valence-corrected chi connectivity index (χ3v) is 10.5. The van der Waals surface area contributed by atoms with Gasteiger partial charge in [0.05, 0.1) is 0 Å². The second-order valence-electron chi connectivity index (χ2n) is 6.93. The number of rotatable bonds is 4. The first-order valence-corrected chi connectivity index (χ1v) is 13.6. The van der Waals surface area contributed by atoms with Crippen molar-refractivity contribution in [1.29, 1.82) is 0 Å². The molecule has 5 rings (SSSR count). The Labute approximate surface area is 169 Å². The molecule has 0 saturated heterocycles. The summed E-state index contributed by atoms with van der Waals surface area (Å²) in [5.41, 5.74) is 3.07. The summed E-state index contributed by atoms with van der Waals surface area (Å²) in [7, 11) is 0. The molecule has 0 radical (unpaired) electrons. The summed E-state index contributed by atoms with van der Waals surface area (Å²) >= 11 is 0.839. The molecule has 0 aromatic heterocycles. The fraction of sp³-hybridized carbons (Fsp3) is 0.120. The molecule has 4 aromatic carbocycles. The first-order chi connectivity index (χ1) is 13.3. The molecule has 0 bridgehead atoms. The van der Waals surface area contributed by atoms with Gasteiger partial charge in [-0.25, -0.2) is 0 Å². The summed E-state index contributed by atoms with van der Waals surface area (Å²) < 4.78 is 3.08. The minimum absolute atomic E-state index is 1.07. The summed E-state index contributed by atoms with van der Waals surface area (Å²) in [6.07, 6.45) is 2.37. The maximum atomic E-state index is 2.46. The summed E-state index contributed by atoms with van der Waals surface area (Å²) in [6, 6.07) is 31.4. The van der Waals surface area contributed by atoms with Crippen molar-refractivity contribution in [3.63, 3.8) is 0 Å². The summed E-state index contributed by atoms with van der Waals surface area (Å²) in [5.74, 6) is 2.46. The molecule has 1 aliphatic rings. The second-order valence-corrected chi connectivity index (χ2v) is 12.1. The first-order valence-electron chi connectivity index (χ1n) is 9.32. The van der Waals surface area contributed by atoms with Crippen LogP contribution < -0.4 is 8.92 Å². The van der Waals surface area contributed by atoms with Crippen molar-refractivity contribution in [2.24, 2.45) is 0 Å². The summed E-state index contributed by atoms with van der Waals surface area (Å²) in [6.45, 7) is 0. The third-order valence-electron chi connectivity index (χ3n) is 5.32. The average Bonchev–Trinajstić information content (AvgIpc) is 3.15. The molecular weight excluding hydrogens is 411 g/mol. The Morgan fingerprint density at radius 3 is 2.00 bits per heavy atom. The van der Waals surface area contributed by atoms with E-state index < -0.39 is 13.9 Å². The molecule has 1 unspecified atom stereocenters. The Bertz CT molecular complexity index is 1090. The van der Waals surface area contributed by atoms with Crippen LogP contribution >= 0.6 is 11.8 Å². The normalized spacial score (nSPS) is 13.8. The molecule has 4 aromatic rings. The number of hydrogen-bond donors (Lipinski definition) is 0. The van der Waals surface area contributed by atoms with Gasteiger partial charge in [-0.3, -0.25) is 0 Å². The molecule has 1 atom stereocenters. The molecule has 27 heavy (non-hydrogen) atoms. The first kappa shape index (κ1) is 17.1. The second kappa shape index (κ2) is 7.20. The molecule has 0 heterocycles. The van der Waals surface area contributed by atoms with Crippen LogP contribution in [0.15, 0.2) is 94.7 Å². The zero-order valence-corrected chi connectivity index (χ0v) is 17.8. The van der Waals surface area contributed by atoms with Crippen LogP contribution in [0.5, 0.6) is 0 Å². The molecule has 0 N–H and O–H groups in total. The van der Waals surface area contributed by atoms with Gasteiger partial charge in [-0.1, -0.05) is 0 Å². The van der Waals surface area contributed by atoms with E-state index in [0.29, 0.717) is 0 Å². The van der Waals surface area contributed by atoms with Crippen molar-refractivity contribution in [3.8, 4) is 0 Å². The standard InChI is InChI=1S/C25H21SSe/c1-27(21-10-6-3-7-11-21)23-17-15-19-13-12-18-14-16-22(25(23)24(18)19)26-20-8-4-2-5-9-20/h2-11,14-17H,12-13H2,1H3/q+1. The molecule has 0 aliphatic heterocycles. The molecule has 0 nitrogen and oxygen atoms in total. The third kappa shape index (κ3) is 3.12. The Hall–Kier alpha value is -1.99. The van der Waals surface area contributed by atoms with E-state index in [2.05, 4.69) is 90.8 Å². The Morgan fingerprint density at radius 1 is 0.667 bits per heavy atom. The Kier molecular flexibility index (Phi) is 4.57. The van der Waals surface area contributed by atoms with Crippen LogP contribution in [0.3, 0.4) is 0 Å². The number of hydrogen-bond acceptors (Lipinski definition) is 1. The van der Waals surface area contributed by atoms with Crippen LogP contribution in [0.25, 0.3) is 10.8 Å². The van der Waals surface area contributed by atoms with Gasteiger partial charge in [0.2, 0.25) is 0 Å². The van der Waals surface area contributed by atoms with Gasteiger partial charge < -0.3 is 0 Å². The van der Waals surface area contributed by atoms with E-state index in [4.69, 9.17) is 0 Å². The van der Waals surface area contributed by atoms with Crippen LogP contribution in [-0.4, -0.2) is 13.9 Å². The van der Waals surface area contributed by atoms with Gasteiger partial charge in [0.15, 0.2) is 0 Å². The van der Waals surface area contributed by atoms with E-state index >= 15 is 0 Å². The van der Waals surface area contributed by atoms with Crippen molar-refractivity contribution in [3.05, 3.63) is 96.1 Å². The zero-order chi connectivity index (χ0) is 18.2. The van der Waals surface area contributed by atoms with Crippen LogP contribution in [-0.2, 0) is 12.8 Å². The van der Waals surface area contributed by atoms with E-state index in [0.717, 1.165) is 0 Å². The van der Waals surface area contributed by atoms with Crippen LogP contribution in [0.4, 0.5) is 0 Å². The van der Waals surface area contributed by atoms with E-state index in [9.17, 15) is 0 Å². The van der Waals surface area contributed by atoms with E-state index in [-0.39, 0.29) is 0 Å². The predicted molar refractivity (Wildman–Crippen MR) is 119 cm³/mol. The van der Waals surface area contributed by atoms with Crippen molar-refractivity contribution in [1.82, 2.24) is 0 Å². The van der Waals surface area contributed by atoms with E-state index in [1.807, 2.05) is 11.8 Å². The van der Waals surface area contributed by atoms with Crippen LogP contribution in [0, 0.1) is 0 Å². The SMILES string of the molecule is C[Se+](c1ccccc1)c1ccc2c3c(ccc(Sc4ccccc4)c13)CC2. The monoisotopic (exact) mass is 433 g/mol. The summed E-state index contributed by atoms with van der Waals surface area (Å²) in [4.78, 5) is 2.72. The molecular formula is C25H21SSe+. The van der Waals surface area contributed by atoms with Gasteiger partial charge >= 0.3 is 170 Å². The quantitative estimate of drug-likeness (QED) is 0.393. The molecule has 2 heteroatoms. The summed E-state index contributed by atoms with van der Waals surface area (Å²) in [5, 5.41) is 3.06. The molecule has 1 aliphatic carbocycles. The van der Waals surface area contributed by atoms with Gasteiger partial charge in [-0.15, -0.1) is 0 Å². The van der Waals surface area contributed by atoms with Gasteiger partial charge in [0.1, 0.15) is 0 Å². The molecule has 132 valence electrons. The fourth-order valence-corrected chi connectivity index (χ4v) is 8.49.